The normalized spacial score (nSPS) is 16.4. The number of rotatable bonds is 6. The van der Waals surface area contributed by atoms with Gasteiger partial charge in [0.05, 0.1) is 27.8 Å². The smallest absolute Gasteiger partial charge is 0.228 e. The van der Waals surface area contributed by atoms with Crippen molar-refractivity contribution in [3.63, 3.8) is 0 Å². The number of nitrogens with zero attached hydrogens (tertiary/aromatic N) is 1. The molecule has 0 aromatic heterocycles. The lowest BCUT2D eigenvalue weighted by Gasteiger charge is -2.25. The molecule has 1 aliphatic heterocycles. The van der Waals surface area contributed by atoms with Crippen LogP contribution in [0.1, 0.15) is 16.5 Å². The molecule has 1 fully saturated rings. The minimum atomic E-state index is 0.000513. The summed E-state index contributed by atoms with van der Waals surface area (Å²) in [5.41, 5.74) is 2.03. The number of carbonyl (C=O) groups excluding carboxylic acids is 1. The Hall–Kier alpha value is -2.34. The molecule has 1 atom stereocenters. The Balaban J connectivity index is 1.75. The van der Waals surface area contributed by atoms with Crippen LogP contribution < -0.4 is 14.2 Å². The molecule has 2 aromatic carbocycles. The maximum atomic E-state index is 12.9. The van der Waals surface area contributed by atoms with Crippen LogP contribution in [0.5, 0.6) is 17.2 Å². The molecule has 2 aromatic rings. The first-order chi connectivity index (χ1) is 12.7. The predicted octanol–water partition coefficient (Wildman–Crippen LogP) is 3.53. The maximum absolute atomic E-state index is 12.9. The van der Waals surface area contributed by atoms with Gasteiger partial charge in [-0.1, -0.05) is 18.2 Å². The van der Waals surface area contributed by atoms with Gasteiger partial charge in [0.25, 0.3) is 0 Å². The molecular weight excluding hydrogens is 350 g/mol. The molecule has 1 saturated heterocycles. The van der Waals surface area contributed by atoms with Gasteiger partial charge in [-0.05, 0) is 35.4 Å². The van der Waals surface area contributed by atoms with Crippen LogP contribution in [0.15, 0.2) is 42.5 Å². The monoisotopic (exact) mass is 373 g/mol. The molecule has 1 aliphatic rings. The van der Waals surface area contributed by atoms with Crippen molar-refractivity contribution in [3.8, 4) is 17.2 Å². The average Bonchev–Trinajstić information content (AvgIpc) is 3.18. The van der Waals surface area contributed by atoms with E-state index < -0.39 is 0 Å². The van der Waals surface area contributed by atoms with E-state index >= 15 is 0 Å². The molecule has 1 amide bonds. The highest BCUT2D eigenvalue weighted by Crippen LogP contribution is 2.41. The standard InChI is InChI=1S/C20H23NO4S/c1-23-16-7-4-14(5-8-16)12-19(22)21-10-11-26-20(21)15-6-9-17(24-2)18(13-15)25-3/h4-9,13,20H,10-12H2,1-3H3. The second kappa shape index (κ2) is 8.36. The SMILES string of the molecule is COc1ccc(CC(=O)N2CCSC2c2ccc(OC)c(OC)c2)cc1. The van der Waals surface area contributed by atoms with Crippen LogP contribution in [0, 0.1) is 0 Å². The fourth-order valence-corrected chi connectivity index (χ4v) is 4.29. The Bertz CT molecular complexity index is 763. The van der Waals surface area contributed by atoms with Crippen LogP contribution >= 0.6 is 11.8 Å². The van der Waals surface area contributed by atoms with Gasteiger partial charge in [0.2, 0.25) is 5.91 Å². The molecule has 1 unspecified atom stereocenters. The van der Waals surface area contributed by atoms with Crippen molar-refractivity contribution in [2.24, 2.45) is 0 Å². The molecule has 0 N–H and O–H groups in total. The largest absolute Gasteiger partial charge is 0.497 e. The Morgan fingerprint density at radius 1 is 1.04 bits per heavy atom. The molecule has 6 heteroatoms. The summed E-state index contributed by atoms with van der Waals surface area (Å²) in [5, 5.41) is 0.000513. The van der Waals surface area contributed by atoms with Gasteiger partial charge >= 0.3 is 0 Å². The van der Waals surface area contributed by atoms with Crippen molar-refractivity contribution in [2.45, 2.75) is 11.8 Å². The first-order valence-electron chi connectivity index (χ1n) is 8.42. The lowest BCUT2D eigenvalue weighted by atomic mass is 10.1. The molecule has 0 saturated carbocycles. The zero-order valence-electron chi connectivity index (χ0n) is 15.2. The molecule has 3 rings (SSSR count). The summed E-state index contributed by atoms with van der Waals surface area (Å²) in [5.74, 6) is 3.21. The van der Waals surface area contributed by atoms with E-state index in [0.717, 1.165) is 29.2 Å². The van der Waals surface area contributed by atoms with Crippen molar-refractivity contribution in [3.05, 3.63) is 53.6 Å². The number of thioether (sulfide) groups is 1. The summed E-state index contributed by atoms with van der Waals surface area (Å²) < 4.78 is 15.9. The Labute approximate surface area is 158 Å². The van der Waals surface area contributed by atoms with Crippen LogP contribution in [0.4, 0.5) is 0 Å². The number of hydrogen-bond donors (Lipinski definition) is 0. The lowest BCUT2D eigenvalue weighted by molar-refractivity contribution is -0.130. The van der Waals surface area contributed by atoms with Crippen LogP contribution in [0.25, 0.3) is 0 Å². The van der Waals surface area contributed by atoms with Crippen molar-refractivity contribution in [2.75, 3.05) is 33.6 Å². The summed E-state index contributed by atoms with van der Waals surface area (Å²) in [6, 6.07) is 13.5. The van der Waals surface area contributed by atoms with Gasteiger partial charge in [-0.15, -0.1) is 11.8 Å². The third-order valence-electron chi connectivity index (χ3n) is 4.42. The number of benzene rings is 2. The van der Waals surface area contributed by atoms with Gasteiger partial charge in [-0.3, -0.25) is 4.79 Å². The molecule has 5 nitrogen and oxygen atoms in total. The summed E-state index contributed by atoms with van der Waals surface area (Å²) in [6.45, 7) is 0.749. The van der Waals surface area contributed by atoms with E-state index in [1.165, 1.54) is 0 Å². The minimum Gasteiger partial charge on any atom is -0.497 e. The Morgan fingerprint density at radius 3 is 2.42 bits per heavy atom. The van der Waals surface area contributed by atoms with E-state index in [0.29, 0.717) is 17.9 Å². The fraction of sp³-hybridized carbons (Fsp3) is 0.350. The zero-order chi connectivity index (χ0) is 18.5. The van der Waals surface area contributed by atoms with Gasteiger partial charge in [0, 0.05) is 12.3 Å². The summed E-state index contributed by atoms with van der Waals surface area (Å²) in [6.07, 6.45) is 0.383. The highest BCUT2D eigenvalue weighted by Gasteiger charge is 2.31. The van der Waals surface area contributed by atoms with Crippen molar-refractivity contribution in [1.82, 2.24) is 4.90 Å². The fourth-order valence-electron chi connectivity index (χ4n) is 3.03. The van der Waals surface area contributed by atoms with E-state index in [-0.39, 0.29) is 11.3 Å². The van der Waals surface area contributed by atoms with Gasteiger partial charge in [-0.25, -0.2) is 0 Å². The second-order valence-electron chi connectivity index (χ2n) is 5.95. The Kier molecular flexibility index (Phi) is 5.93. The number of methoxy groups -OCH3 is 3. The number of ether oxygens (including phenoxy) is 3. The molecule has 0 bridgehead atoms. The molecule has 1 heterocycles. The van der Waals surface area contributed by atoms with Crippen LogP contribution in [-0.4, -0.2) is 44.4 Å². The van der Waals surface area contributed by atoms with Crippen molar-refractivity contribution >= 4 is 17.7 Å². The second-order valence-corrected chi connectivity index (χ2v) is 7.14. The quantitative estimate of drug-likeness (QED) is 0.775. The zero-order valence-corrected chi connectivity index (χ0v) is 16.0. The summed E-state index contributed by atoms with van der Waals surface area (Å²) >= 11 is 1.77. The highest BCUT2D eigenvalue weighted by molar-refractivity contribution is 7.99. The van der Waals surface area contributed by atoms with E-state index in [4.69, 9.17) is 14.2 Å². The average molecular weight is 373 g/mol. The number of amides is 1. The van der Waals surface area contributed by atoms with Crippen LogP contribution in [0.2, 0.25) is 0 Å². The van der Waals surface area contributed by atoms with Crippen LogP contribution in [0.3, 0.4) is 0 Å². The van der Waals surface area contributed by atoms with Gasteiger partial charge in [0.15, 0.2) is 11.5 Å². The molecule has 138 valence electrons. The van der Waals surface area contributed by atoms with E-state index in [2.05, 4.69) is 0 Å². The summed E-state index contributed by atoms with van der Waals surface area (Å²) in [7, 11) is 4.87. The van der Waals surface area contributed by atoms with E-state index in [1.807, 2.05) is 47.4 Å². The molecule has 0 radical (unpaired) electrons. The minimum absolute atomic E-state index is 0.000513. The third-order valence-corrected chi connectivity index (χ3v) is 5.68. The predicted molar refractivity (Wildman–Crippen MR) is 103 cm³/mol. The van der Waals surface area contributed by atoms with Crippen LogP contribution in [-0.2, 0) is 11.2 Å². The number of carbonyl (C=O) groups is 1. The van der Waals surface area contributed by atoms with Gasteiger partial charge < -0.3 is 19.1 Å². The van der Waals surface area contributed by atoms with Crippen molar-refractivity contribution < 1.29 is 19.0 Å². The molecular formula is C20H23NO4S. The maximum Gasteiger partial charge on any atom is 0.228 e. The number of hydrogen-bond acceptors (Lipinski definition) is 5. The van der Waals surface area contributed by atoms with Crippen molar-refractivity contribution in [1.29, 1.82) is 0 Å². The Morgan fingerprint density at radius 2 is 1.77 bits per heavy atom. The van der Waals surface area contributed by atoms with Gasteiger partial charge in [0.1, 0.15) is 11.1 Å². The molecule has 0 aliphatic carbocycles. The summed E-state index contributed by atoms with van der Waals surface area (Å²) in [4.78, 5) is 14.8. The highest BCUT2D eigenvalue weighted by atomic mass is 32.2. The first kappa shape index (κ1) is 18.5. The van der Waals surface area contributed by atoms with E-state index in [1.54, 1.807) is 33.1 Å². The topological polar surface area (TPSA) is 48.0 Å². The lowest BCUT2D eigenvalue weighted by Crippen LogP contribution is -2.31. The molecule has 0 spiro atoms. The van der Waals surface area contributed by atoms with Gasteiger partial charge in [-0.2, -0.15) is 0 Å². The molecule has 26 heavy (non-hydrogen) atoms. The van der Waals surface area contributed by atoms with E-state index in [9.17, 15) is 4.79 Å². The third kappa shape index (κ3) is 3.90. The first-order valence-corrected chi connectivity index (χ1v) is 9.47.